The third-order valence-electron chi connectivity index (χ3n) is 4.26. The van der Waals surface area contributed by atoms with Crippen LogP contribution < -0.4 is 20.1 Å². The van der Waals surface area contributed by atoms with Gasteiger partial charge < -0.3 is 20.1 Å². The van der Waals surface area contributed by atoms with E-state index in [-0.39, 0.29) is 11.6 Å². The molecule has 0 atom stereocenters. The molecule has 0 radical (unpaired) electrons. The van der Waals surface area contributed by atoms with Crippen molar-refractivity contribution < 1.29 is 14.3 Å². The van der Waals surface area contributed by atoms with E-state index >= 15 is 0 Å². The highest BCUT2D eigenvalue weighted by Crippen LogP contribution is 2.20. The third kappa shape index (κ3) is 5.68. The normalized spacial score (nSPS) is 10.3. The number of nitrogens with one attached hydrogen (secondary N) is 2. The smallest absolute Gasteiger partial charge is 0.271 e. The van der Waals surface area contributed by atoms with Gasteiger partial charge in [-0.05, 0) is 61.9 Å². The Labute approximate surface area is 170 Å². The first-order chi connectivity index (χ1) is 14.0. The minimum atomic E-state index is -0.297. The Morgan fingerprint density at radius 1 is 0.966 bits per heavy atom. The molecule has 3 rings (SSSR count). The number of hydrogen-bond donors (Lipinski definition) is 2. The van der Waals surface area contributed by atoms with Crippen molar-refractivity contribution in [2.45, 2.75) is 13.8 Å². The molecule has 150 valence electrons. The molecule has 0 aliphatic rings. The molecule has 0 saturated heterocycles. The van der Waals surface area contributed by atoms with Crippen LogP contribution in [0.5, 0.6) is 11.5 Å². The number of rotatable bonds is 8. The van der Waals surface area contributed by atoms with Crippen molar-refractivity contribution in [1.29, 1.82) is 0 Å². The van der Waals surface area contributed by atoms with E-state index in [9.17, 15) is 4.79 Å². The summed E-state index contributed by atoms with van der Waals surface area (Å²) in [5.74, 6) is 1.76. The van der Waals surface area contributed by atoms with Crippen molar-refractivity contribution in [1.82, 2.24) is 15.5 Å². The first-order valence-corrected chi connectivity index (χ1v) is 9.28. The Bertz CT molecular complexity index is 957. The van der Waals surface area contributed by atoms with Crippen LogP contribution in [0.25, 0.3) is 0 Å². The minimum Gasteiger partial charge on any atom is -0.497 e. The summed E-state index contributed by atoms with van der Waals surface area (Å²) in [6.07, 6.45) is 0. The lowest BCUT2D eigenvalue weighted by Crippen LogP contribution is -2.29. The lowest BCUT2D eigenvalue weighted by molar-refractivity contribution is 0.0941. The highest BCUT2D eigenvalue weighted by atomic mass is 16.5. The molecule has 0 aliphatic heterocycles. The van der Waals surface area contributed by atoms with Crippen molar-refractivity contribution in [3.8, 4) is 11.5 Å². The van der Waals surface area contributed by atoms with Crippen molar-refractivity contribution in [2.75, 3.05) is 25.6 Å². The Hall–Kier alpha value is -3.61. The van der Waals surface area contributed by atoms with Crippen LogP contribution in [0.2, 0.25) is 0 Å². The van der Waals surface area contributed by atoms with E-state index in [1.54, 1.807) is 19.2 Å². The summed E-state index contributed by atoms with van der Waals surface area (Å²) in [5, 5.41) is 14.1. The molecule has 1 amide bonds. The molecule has 3 aromatic rings. The van der Waals surface area contributed by atoms with Crippen LogP contribution in [0.3, 0.4) is 0 Å². The fourth-order valence-corrected chi connectivity index (χ4v) is 2.71. The second kappa shape index (κ2) is 9.54. The number of anilines is 2. The summed E-state index contributed by atoms with van der Waals surface area (Å²) < 4.78 is 10.7. The first-order valence-electron chi connectivity index (χ1n) is 9.28. The largest absolute Gasteiger partial charge is 0.497 e. The van der Waals surface area contributed by atoms with E-state index in [1.807, 2.05) is 50.2 Å². The van der Waals surface area contributed by atoms with Gasteiger partial charge in [0, 0.05) is 5.69 Å². The molecule has 29 heavy (non-hydrogen) atoms. The topological polar surface area (TPSA) is 85.4 Å². The van der Waals surface area contributed by atoms with Crippen LogP contribution in [0, 0.1) is 13.8 Å². The molecule has 1 aromatic heterocycles. The Morgan fingerprint density at radius 3 is 2.38 bits per heavy atom. The lowest BCUT2D eigenvalue weighted by atomic mass is 10.1. The summed E-state index contributed by atoms with van der Waals surface area (Å²) in [5.41, 5.74) is 3.52. The van der Waals surface area contributed by atoms with Crippen LogP contribution in [-0.2, 0) is 0 Å². The average Bonchev–Trinajstić information content (AvgIpc) is 2.74. The predicted octanol–water partition coefficient (Wildman–Crippen LogP) is 3.65. The van der Waals surface area contributed by atoms with Crippen molar-refractivity contribution in [3.63, 3.8) is 0 Å². The molecular formula is C22H24N4O3. The fourth-order valence-electron chi connectivity index (χ4n) is 2.71. The molecule has 0 fully saturated rings. The number of carbonyl (C=O) groups is 1. The molecule has 0 unspecified atom stereocenters. The van der Waals surface area contributed by atoms with Crippen LogP contribution in [0.1, 0.15) is 21.6 Å². The monoisotopic (exact) mass is 392 g/mol. The molecule has 0 saturated carbocycles. The number of methoxy groups -OCH3 is 1. The SMILES string of the molecule is COc1ccc(OCCNC(=O)c2ccc(Nc3ccc(C)cc3C)nn2)cc1. The summed E-state index contributed by atoms with van der Waals surface area (Å²) >= 11 is 0. The van der Waals surface area contributed by atoms with E-state index < -0.39 is 0 Å². The zero-order valence-corrected chi connectivity index (χ0v) is 16.7. The molecule has 7 nitrogen and oxygen atoms in total. The van der Waals surface area contributed by atoms with Gasteiger partial charge in [0.2, 0.25) is 0 Å². The maximum atomic E-state index is 12.2. The summed E-state index contributed by atoms with van der Waals surface area (Å²) in [7, 11) is 1.61. The summed E-state index contributed by atoms with van der Waals surface area (Å²) in [6.45, 7) is 4.78. The molecule has 0 bridgehead atoms. The highest BCUT2D eigenvalue weighted by Gasteiger charge is 2.08. The van der Waals surface area contributed by atoms with Gasteiger partial charge in [0.1, 0.15) is 18.1 Å². The molecule has 0 aliphatic carbocycles. The second-order valence-electron chi connectivity index (χ2n) is 6.53. The van der Waals surface area contributed by atoms with Gasteiger partial charge in [0.05, 0.1) is 13.7 Å². The van der Waals surface area contributed by atoms with Crippen LogP contribution >= 0.6 is 0 Å². The quantitative estimate of drug-likeness (QED) is 0.569. The molecule has 7 heteroatoms. The van der Waals surface area contributed by atoms with E-state index in [0.717, 1.165) is 17.0 Å². The van der Waals surface area contributed by atoms with E-state index in [4.69, 9.17) is 9.47 Å². The number of hydrogen-bond acceptors (Lipinski definition) is 6. The Morgan fingerprint density at radius 2 is 1.72 bits per heavy atom. The van der Waals surface area contributed by atoms with Gasteiger partial charge in [0.25, 0.3) is 5.91 Å². The molecule has 1 heterocycles. The van der Waals surface area contributed by atoms with Gasteiger partial charge in [-0.2, -0.15) is 0 Å². The van der Waals surface area contributed by atoms with Gasteiger partial charge >= 0.3 is 0 Å². The number of nitrogens with zero attached hydrogens (tertiary/aromatic N) is 2. The van der Waals surface area contributed by atoms with Crippen molar-refractivity contribution in [3.05, 3.63) is 71.4 Å². The highest BCUT2D eigenvalue weighted by molar-refractivity contribution is 5.92. The molecule has 2 aromatic carbocycles. The number of benzene rings is 2. The first kappa shape index (κ1) is 20.1. The zero-order chi connectivity index (χ0) is 20.6. The van der Waals surface area contributed by atoms with Crippen molar-refractivity contribution >= 4 is 17.4 Å². The van der Waals surface area contributed by atoms with E-state index in [1.165, 1.54) is 5.56 Å². The molecule has 0 spiro atoms. The standard InChI is InChI=1S/C22H24N4O3/c1-15-4-9-19(16(2)14-15)24-21-11-10-20(25-26-21)22(27)23-12-13-29-18-7-5-17(28-3)6-8-18/h4-11,14H,12-13H2,1-3H3,(H,23,27)(H,24,26). The number of carbonyl (C=O) groups excluding carboxylic acids is 1. The molecular weight excluding hydrogens is 368 g/mol. The maximum Gasteiger partial charge on any atom is 0.271 e. The number of amides is 1. The van der Waals surface area contributed by atoms with E-state index in [2.05, 4.69) is 26.9 Å². The summed E-state index contributed by atoms with van der Waals surface area (Å²) in [6, 6.07) is 16.7. The lowest BCUT2D eigenvalue weighted by Gasteiger charge is -2.10. The van der Waals surface area contributed by atoms with Gasteiger partial charge in [-0.3, -0.25) is 4.79 Å². The van der Waals surface area contributed by atoms with Crippen molar-refractivity contribution in [2.24, 2.45) is 0 Å². The van der Waals surface area contributed by atoms with Gasteiger partial charge in [-0.25, -0.2) is 0 Å². The van der Waals surface area contributed by atoms with Gasteiger partial charge in [0.15, 0.2) is 11.5 Å². The average molecular weight is 392 g/mol. The summed E-state index contributed by atoms with van der Waals surface area (Å²) in [4.78, 5) is 12.2. The Balaban J connectivity index is 1.47. The third-order valence-corrected chi connectivity index (χ3v) is 4.26. The van der Waals surface area contributed by atoms with Crippen LogP contribution in [0.15, 0.2) is 54.6 Å². The predicted molar refractivity (Wildman–Crippen MR) is 112 cm³/mol. The van der Waals surface area contributed by atoms with Crippen LogP contribution in [-0.4, -0.2) is 36.4 Å². The molecule has 2 N–H and O–H groups in total. The number of aryl methyl sites for hydroxylation is 2. The Kier molecular flexibility index (Phi) is 6.63. The van der Waals surface area contributed by atoms with Crippen LogP contribution in [0.4, 0.5) is 11.5 Å². The second-order valence-corrected chi connectivity index (χ2v) is 6.53. The minimum absolute atomic E-state index is 0.251. The number of ether oxygens (including phenoxy) is 2. The maximum absolute atomic E-state index is 12.2. The zero-order valence-electron chi connectivity index (χ0n) is 16.7. The fraction of sp³-hybridized carbons (Fsp3) is 0.227. The van der Waals surface area contributed by atoms with Gasteiger partial charge in [-0.1, -0.05) is 17.7 Å². The van der Waals surface area contributed by atoms with E-state index in [0.29, 0.717) is 24.7 Å². The van der Waals surface area contributed by atoms with Gasteiger partial charge in [-0.15, -0.1) is 10.2 Å². The number of aromatic nitrogens is 2.